The zero-order chi connectivity index (χ0) is 14.8. The first-order chi connectivity index (χ1) is 9.54. The van der Waals surface area contributed by atoms with Crippen molar-refractivity contribution >= 4 is 21.6 Å². The maximum Gasteiger partial charge on any atom is 0.244 e. The molecule has 20 heavy (non-hydrogen) atoms. The van der Waals surface area contributed by atoms with Gasteiger partial charge in [-0.05, 0) is 31.7 Å². The highest BCUT2D eigenvalue weighted by atomic mass is 35.5. The third kappa shape index (κ3) is 3.21. The normalized spacial score (nSPS) is 16.0. The Bertz CT molecular complexity index is 550. The molecule has 0 radical (unpaired) electrons. The van der Waals surface area contributed by atoms with Gasteiger partial charge in [-0.15, -0.1) is 11.6 Å². The predicted molar refractivity (Wildman–Crippen MR) is 81.5 cm³/mol. The molecule has 0 N–H and O–H groups in total. The van der Waals surface area contributed by atoms with E-state index in [4.69, 9.17) is 11.6 Å². The Morgan fingerprint density at radius 1 is 1.35 bits per heavy atom. The van der Waals surface area contributed by atoms with Crippen molar-refractivity contribution in [3.63, 3.8) is 0 Å². The number of aromatic nitrogens is 1. The number of halogens is 1. The van der Waals surface area contributed by atoms with Crippen molar-refractivity contribution in [2.75, 3.05) is 6.54 Å². The first kappa shape index (κ1) is 15.9. The van der Waals surface area contributed by atoms with Gasteiger partial charge in [0.2, 0.25) is 10.0 Å². The summed E-state index contributed by atoms with van der Waals surface area (Å²) in [5.41, 5.74) is 0.874. The van der Waals surface area contributed by atoms with Crippen LogP contribution in [0.3, 0.4) is 0 Å². The Morgan fingerprint density at radius 3 is 2.55 bits per heavy atom. The topological polar surface area (TPSA) is 42.3 Å². The Balaban J connectivity index is 2.32. The summed E-state index contributed by atoms with van der Waals surface area (Å²) < 4.78 is 29.1. The van der Waals surface area contributed by atoms with Crippen LogP contribution in [0.1, 0.15) is 45.2 Å². The van der Waals surface area contributed by atoms with Gasteiger partial charge in [-0.25, -0.2) is 8.42 Å². The predicted octanol–water partition coefficient (Wildman–Crippen LogP) is 3.20. The summed E-state index contributed by atoms with van der Waals surface area (Å²) in [4.78, 5) is 0.391. The number of aryl methyl sites for hydroxylation is 1. The van der Waals surface area contributed by atoms with Crippen LogP contribution in [0.4, 0.5) is 0 Å². The van der Waals surface area contributed by atoms with Gasteiger partial charge < -0.3 is 4.57 Å². The van der Waals surface area contributed by atoms with E-state index in [1.54, 1.807) is 16.6 Å². The van der Waals surface area contributed by atoms with Gasteiger partial charge in [0.1, 0.15) is 4.90 Å². The second-order valence-corrected chi connectivity index (χ2v) is 7.50. The van der Waals surface area contributed by atoms with E-state index in [1.165, 1.54) is 0 Å². The number of nitrogens with zero attached hydrogens (tertiary/aromatic N) is 2. The molecule has 1 heterocycles. The second kappa shape index (κ2) is 6.50. The molecule has 0 aromatic carbocycles. The highest BCUT2D eigenvalue weighted by Gasteiger charge is 2.38. The SMILES string of the molecule is CCCN(C1CC1)S(=O)(=O)c1cc(CCl)n(CCC)c1. The van der Waals surface area contributed by atoms with E-state index in [2.05, 4.69) is 6.92 Å². The van der Waals surface area contributed by atoms with Crippen LogP contribution >= 0.6 is 11.6 Å². The van der Waals surface area contributed by atoms with Crippen molar-refractivity contribution in [1.82, 2.24) is 8.87 Å². The van der Waals surface area contributed by atoms with E-state index >= 15 is 0 Å². The number of alkyl halides is 1. The molecule has 4 nitrogen and oxygen atoms in total. The van der Waals surface area contributed by atoms with Crippen molar-refractivity contribution in [2.45, 2.75) is 62.9 Å². The molecule has 114 valence electrons. The number of sulfonamides is 1. The quantitative estimate of drug-likeness (QED) is 0.691. The van der Waals surface area contributed by atoms with E-state index in [0.717, 1.165) is 37.9 Å². The smallest absolute Gasteiger partial charge is 0.244 e. The molecule has 1 aromatic heterocycles. The lowest BCUT2D eigenvalue weighted by molar-refractivity contribution is 0.403. The molecule has 6 heteroatoms. The Morgan fingerprint density at radius 2 is 2.05 bits per heavy atom. The van der Waals surface area contributed by atoms with Gasteiger partial charge in [0.25, 0.3) is 0 Å². The van der Waals surface area contributed by atoms with Crippen LogP contribution in [0, 0.1) is 0 Å². The molecular weight excluding hydrogens is 296 g/mol. The molecule has 1 fully saturated rings. The Labute approximate surface area is 126 Å². The van der Waals surface area contributed by atoms with Crippen molar-refractivity contribution in [3.8, 4) is 0 Å². The molecule has 0 atom stereocenters. The van der Waals surface area contributed by atoms with E-state index in [1.807, 2.05) is 11.5 Å². The summed E-state index contributed by atoms with van der Waals surface area (Å²) in [5, 5.41) is 0. The Hall–Kier alpha value is -0.520. The largest absolute Gasteiger partial charge is 0.349 e. The van der Waals surface area contributed by atoms with E-state index in [0.29, 0.717) is 17.3 Å². The minimum absolute atomic E-state index is 0.203. The fourth-order valence-electron chi connectivity index (χ4n) is 2.44. The molecule has 2 rings (SSSR count). The minimum atomic E-state index is -3.38. The molecule has 1 aliphatic carbocycles. The van der Waals surface area contributed by atoms with Gasteiger partial charge in [-0.3, -0.25) is 0 Å². The van der Waals surface area contributed by atoms with Gasteiger partial charge in [0.15, 0.2) is 0 Å². The fraction of sp³-hybridized carbons (Fsp3) is 0.714. The summed E-state index contributed by atoms with van der Waals surface area (Å²) in [6.07, 6.45) is 5.50. The third-order valence-corrected chi connectivity index (χ3v) is 5.76. The molecule has 1 aliphatic rings. The molecule has 1 aromatic rings. The zero-order valence-electron chi connectivity index (χ0n) is 12.2. The summed E-state index contributed by atoms with van der Waals surface area (Å²) in [7, 11) is -3.38. The van der Waals surface area contributed by atoms with E-state index in [-0.39, 0.29) is 6.04 Å². The van der Waals surface area contributed by atoms with Crippen molar-refractivity contribution in [3.05, 3.63) is 18.0 Å². The number of hydrogen-bond donors (Lipinski definition) is 0. The maximum absolute atomic E-state index is 12.8. The van der Waals surface area contributed by atoms with Crippen molar-refractivity contribution in [1.29, 1.82) is 0 Å². The number of rotatable bonds is 8. The van der Waals surface area contributed by atoms with Crippen molar-refractivity contribution in [2.24, 2.45) is 0 Å². The molecule has 0 bridgehead atoms. The van der Waals surface area contributed by atoms with Gasteiger partial charge in [0.05, 0.1) is 5.88 Å². The highest BCUT2D eigenvalue weighted by molar-refractivity contribution is 7.89. The third-order valence-electron chi connectivity index (χ3n) is 3.57. The lowest BCUT2D eigenvalue weighted by Crippen LogP contribution is -2.33. The fourth-order valence-corrected chi connectivity index (χ4v) is 4.52. The van der Waals surface area contributed by atoms with Crippen LogP contribution in [0.15, 0.2) is 17.2 Å². The molecule has 0 aliphatic heterocycles. The summed E-state index contributed by atoms with van der Waals surface area (Å²) in [6, 6.07) is 1.93. The monoisotopic (exact) mass is 318 g/mol. The van der Waals surface area contributed by atoms with Crippen LogP contribution in [0.2, 0.25) is 0 Å². The van der Waals surface area contributed by atoms with Gasteiger partial charge >= 0.3 is 0 Å². The molecule has 0 unspecified atom stereocenters. The molecule has 1 saturated carbocycles. The van der Waals surface area contributed by atoms with E-state index < -0.39 is 10.0 Å². The second-order valence-electron chi connectivity index (χ2n) is 5.34. The lowest BCUT2D eigenvalue weighted by atomic mass is 10.4. The van der Waals surface area contributed by atoms with Crippen LogP contribution < -0.4 is 0 Å². The average molecular weight is 319 g/mol. The molecule has 0 amide bonds. The minimum Gasteiger partial charge on any atom is -0.349 e. The number of hydrogen-bond acceptors (Lipinski definition) is 2. The molecular formula is C14H23ClN2O2S. The summed E-state index contributed by atoms with van der Waals surface area (Å²) in [6.45, 7) is 5.48. The average Bonchev–Trinajstić information content (AvgIpc) is 3.16. The lowest BCUT2D eigenvalue weighted by Gasteiger charge is -2.20. The standard InChI is InChI=1S/C14H23ClN2O2S/c1-3-7-16-11-14(9-13(16)10-15)20(18,19)17(8-4-2)12-5-6-12/h9,11-12H,3-8,10H2,1-2H3. The Kier molecular flexibility index (Phi) is 5.15. The van der Waals surface area contributed by atoms with Crippen LogP contribution in [-0.4, -0.2) is 29.9 Å². The first-order valence-corrected chi connectivity index (χ1v) is 9.28. The van der Waals surface area contributed by atoms with Gasteiger partial charge in [0, 0.05) is 31.0 Å². The summed E-state index contributed by atoms with van der Waals surface area (Å²) in [5.74, 6) is 0.340. The first-order valence-electron chi connectivity index (χ1n) is 7.31. The molecule has 0 saturated heterocycles. The van der Waals surface area contributed by atoms with Crippen molar-refractivity contribution < 1.29 is 8.42 Å². The highest BCUT2D eigenvalue weighted by Crippen LogP contribution is 2.32. The molecule has 0 spiro atoms. The van der Waals surface area contributed by atoms with Crippen LogP contribution in [0.5, 0.6) is 0 Å². The summed E-state index contributed by atoms with van der Waals surface area (Å²) >= 11 is 5.92. The van der Waals surface area contributed by atoms with Crippen LogP contribution in [-0.2, 0) is 22.4 Å². The van der Waals surface area contributed by atoms with Crippen LogP contribution in [0.25, 0.3) is 0 Å². The van der Waals surface area contributed by atoms with Gasteiger partial charge in [-0.2, -0.15) is 4.31 Å². The van der Waals surface area contributed by atoms with Gasteiger partial charge in [-0.1, -0.05) is 13.8 Å². The van der Waals surface area contributed by atoms with E-state index in [9.17, 15) is 8.42 Å². The zero-order valence-corrected chi connectivity index (χ0v) is 13.8. The maximum atomic E-state index is 12.8.